The molecule has 1 N–H and O–H groups in total. The topological polar surface area (TPSA) is 47.6 Å². The molecule has 0 radical (unpaired) electrons. The molecular formula is C17H15Cl2NO3. The summed E-state index contributed by atoms with van der Waals surface area (Å²) in [5.74, 6) is 0.998. The lowest BCUT2D eigenvalue weighted by molar-refractivity contribution is 0.0940. The maximum Gasteiger partial charge on any atom is 0.253 e. The summed E-state index contributed by atoms with van der Waals surface area (Å²) in [4.78, 5) is 12.4. The lowest BCUT2D eigenvalue weighted by atomic mass is 10.1. The molecule has 23 heavy (non-hydrogen) atoms. The van der Waals surface area contributed by atoms with Crippen LogP contribution in [0.2, 0.25) is 10.0 Å². The van der Waals surface area contributed by atoms with E-state index in [4.69, 9.17) is 32.7 Å². The quantitative estimate of drug-likeness (QED) is 0.898. The summed E-state index contributed by atoms with van der Waals surface area (Å²) in [7, 11) is 0. The lowest BCUT2D eigenvalue weighted by Crippen LogP contribution is -2.27. The maximum atomic E-state index is 12.4. The first-order valence-corrected chi connectivity index (χ1v) is 7.96. The zero-order valence-corrected chi connectivity index (χ0v) is 13.9. The van der Waals surface area contributed by atoms with Gasteiger partial charge in [0.15, 0.2) is 11.5 Å². The highest BCUT2D eigenvalue weighted by atomic mass is 35.5. The molecule has 0 unspecified atom stereocenters. The van der Waals surface area contributed by atoms with Crippen molar-refractivity contribution in [1.82, 2.24) is 5.32 Å². The zero-order chi connectivity index (χ0) is 16.4. The lowest BCUT2D eigenvalue weighted by Gasteiger charge is -2.22. The van der Waals surface area contributed by atoms with Gasteiger partial charge in [0.25, 0.3) is 5.91 Å². The van der Waals surface area contributed by atoms with Gasteiger partial charge in [0.05, 0.1) is 16.6 Å². The SMILES string of the molecule is C[C@H](NC(=O)c1ccccc1Cl)c1cc2c(cc1Cl)OCCO2. The predicted octanol–water partition coefficient (Wildman–Crippen LogP) is 4.26. The second-order valence-corrected chi connectivity index (χ2v) is 6.01. The number of nitrogens with one attached hydrogen (secondary N) is 1. The fourth-order valence-electron chi connectivity index (χ4n) is 2.41. The second kappa shape index (κ2) is 6.69. The molecule has 3 rings (SSSR count). The molecule has 1 aliphatic heterocycles. The van der Waals surface area contributed by atoms with E-state index in [1.807, 2.05) is 6.92 Å². The molecule has 1 atom stereocenters. The van der Waals surface area contributed by atoms with Gasteiger partial charge in [-0.1, -0.05) is 35.3 Å². The number of amides is 1. The number of fused-ring (bicyclic) bond motifs is 1. The Labute approximate surface area is 144 Å². The van der Waals surface area contributed by atoms with E-state index in [0.717, 1.165) is 5.56 Å². The third-order valence-corrected chi connectivity index (χ3v) is 4.25. The fraction of sp³-hybridized carbons (Fsp3) is 0.235. The molecule has 4 nitrogen and oxygen atoms in total. The van der Waals surface area contributed by atoms with Crippen molar-refractivity contribution in [3.05, 3.63) is 57.6 Å². The standard InChI is InChI=1S/C17H15Cl2NO3/c1-10(20-17(21)11-4-2-3-5-13(11)18)12-8-15-16(9-14(12)19)23-7-6-22-15/h2-5,8-10H,6-7H2,1H3,(H,20,21)/t10-/m0/s1. The van der Waals surface area contributed by atoms with Crippen molar-refractivity contribution >= 4 is 29.1 Å². The minimum absolute atomic E-state index is 0.256. The van der Waals surface area contributed by atoms with Crippen molar-refractivity contribution in [3.63, 3.8) is 0 Å². The molecule has 1 heterocycles. The largest absolute Gasteiger partial charge is 0.486 e. The molecule has 2 aromatic carbocycles. The number of benzene rings is 2. The molecule has 1 aliphatic rings. The Morgan fingerprint density at radius 3 is 2.43 bits per heavy atom. The summed E-state index contributed by atoms with van der Waals surface area (Å²) in [6.45, 7) is 2.85. The van der Waals surface area contributed by atoms with E-state index in [1.54, 1.807) is 36.4 Å². The van der Waals surface area contributed by atoms with Crippen LogP contribution in [0.15, 0.2) is 36.4 Å². The van der Waals surface area contributed by atoms with E-state index in [2.05, 4.69) is 5.32 Å². The number of ether oxygens (including phenoxy) is 2. The van der Waals surface area contributed by atoms with Gasteiger partial charge in [0.1, 0.15) is 13.2 Å². The Morgan fingerprint density at radius 1 is 1.09 bits per heavy atom. The summed E-state index contributed by atoms with van der Waals surface area (Å²) in [6, 6.07) is 10.1. The van der Waals surface area contributed by atoms with Gasteiger partial charge in [-0.15, -0.1) is 0 Å². The summed E-state index contributed by atoms with van der Waals surface area (Å²) in [5, 5.41) is 3.82. The van der Waals surface area contributed by atoms with Crippen LogP contribution in [-0.2, 0) is 0 Å². The molecule has 1 amide bonds. The first-order valence-electron chi connectivity index (χ1n) is 7.20. The molecule has 0 aromatic heterocycles. The van der Waals surface area contributed by atoms with Gasteiger partial charge >= 0.3 is 0 Å². The van der Waals surface area contributed by atoms with Crippen LogP contribution in [-0.4, -0.2) is 19.1 Å². The highest BCUT2D eigenvalue weighted by Crippen LogP contribution is 2.37. The molecule has 120 valence electrons. The molecule has 0 saturated carbocycles. The van der Waals surface area contributed by atoms with Gasteiger partial charge in [0.2, 0.25) is 0 Å². The van der Waals surface area contributed by atoms with E-state index in [9.17, 15) is 4.79 Å². The first kappa shape index (κ1) is 16.0. The van der Waals surface area contributed by atoms with E-state index in [1.165, 1.54) is 0 Å². The number of hydrogen-bond acceptors (Lipinski definition) is 3. The zero-order valence-electron chi connectivity index (χ0n) is 12.4. The van der Waals surface area contributed by atoms with Gasteiger partial charge in [-0.3, -0.25) is 4.79 Å². The molecule has 6 heteroatoms. The predicted molar refractivity (Wildman–Crippen MR) is 89.8 cm³/mol. The number of carbonyl (C=O) groups excluding carboxylic acids is 1. The van der Waals surface area contributed by atoms with Crippen LogP contribution in [0, 0.1) is 0 Å². The molecular weight excluding hydrogens is 337 g/mol. The Hall–Kier alpha value is -1.91. The van der Waals surface area contributed by atoms with Crippen LogP contribution in [0.3, 0.4) is 0 Å². The van der Waals surface area contributed by atoms with Gasteiger partial charge in [-0.2, -0.15) is 0 Å². The van der Waals surface area contributed by atoms with E-state index in [-0.39, 0.29) is 11.9 Å². The number of carbonyl (C=O) groups is 1. The summed E-state index contributed by atoms with van der Waals surface area (Å²) in [6.07, 6.45) is 0. The average molecular weight is 352 g/mol. The second-order valence-electron chi connectivity index (χ2n) is 5.19. The number of rotatable bonds is 3. The highest BCUT2D eigenvalue weighted by molar-refractivity contribution is 6.34. The Morgan fingerprint density at radius 2 is 1.74 bits per heavy atom. The molecule has 0 bridgehead atoms. The third kappa shape index (κ3) is 3.38. The molecule has 0 aliphatic carbocycles. The smallest absolute Gasteiger partial charge is 0.253 e. The fourth-order valence-corrected chi connectivity index (χ4v) is 2.95. The van der Waals surface area contributed by atoms with Crippen LogP contribution < -0.4 is 14.8 Å². The Kier molecular flexibility index (Phi) is 4.64. The van der Waals surface area contributed by atoms with E-state index >= 15 is 0 Å². The van der Waals surface area contributed by atoms with Crippen LogP contribution in [0.25, 0.3) is 0 Å². The Bertz CT molecular complexity index is 749. The number of halogens is 2. The van der Waals surface area contributed by atoms with Crippen LogP contribution >= 0.6 is 23.2 Å². The number of hydrogen-bond donors (Lipinski definition) is 1. The van der Waals surface area contributed by atoms with Crippen molar-refractivity contribution in [2.45, 2.75) is 13.0 Å². The van der Waals surface area contributed by atoms with Crippen molar-refractivity contribution in [1.29, 1.82) is 0 Å². The summed E-state index contributed by atoms with van der Waals surface area (Å²) >= 11 is 12.4. The molecule has 2 aromatic rings. The molecule has 0 fully saturated rings. The van der Waals surface area contributed by atoms with Crippen LogP contribution in [0.4, 0.5) is 0 Å². The monoisotopic (exact) mass is 351 g/mol. The van der Waals surface area contributed by atoms with Crippen molar-refractivity contribution in [2.24, 2.45) is 0 Å². The molecule has 0 saturated heterocycles. The first-order chi connectivity index (χ1) is 11.1. The van der Waals surface area contributed by atoms with E-state index < -0.39 is 0 Å². The normalized spacial score (nSPS) is 14.2. The minimum Gasteiger partial charge on any atom is -0.486 e. The minimum atomic E-state index is -0.304. The third-order valence-electron chi connectivity index (χ3n) is 3.59. The Balaban J connectivity index is 1.82. The van der Waals surface area contributed by atoms with Crippen molar-refractivity contribution < 1.29 is 14.3 Å². The maximum absolute atomic E-state index is 12.4. The summed E-state index contributed by atoms with van der Waals surface area (Å²) in [5.41, 5.74) is 1.19. The van der Waals surface area contributed by atoms with Gasteiger partial charge < -0.3 is 14.8 Å². The van der Waals surface area contributed by atoms with Crippen molar-refractivity contribution in [3.8, 4) is 11.5 Å². The van der Waals surface area contributed by atoms with Crippen molar-refractivity contribution in [2.75, 3.05) is 13.2 Å². The van der Waals surface area contributed by atoms with Gasteiger partial charge in [-0.05, 0) is 30.7 Å². The van der Waals surface area contributed by atoms with Crippen LogP contribution in [0.5, 0.6) is 11.5 Å². The van der Waals surface area contributed by atoms with Gasteiger partial charge in [0, 0.05) is 11.1 Å². The average Bonchev–Trinajstić information content (AvgIpc) is 2.54. The van der Waals surface area contributed by atoms with Gasteiger partial charge in [-0.25, -0.2) is 0 Å². The van der Waals surface area contributed by atoms with E-state index in [0.29, 0.717) is 40.3 Å². The van der Waals surface area contributed by atoms with Crippen LogP contribution in [0.1, 0.15) is 28.9 Å². The highest BCUT2D eigenvalue weighted by Gasteiger charge is 2.20. The summed E-state index contributed by atoms with van der Waals surface area (Å²) < 4.78 is 11.1. The molecule has 0 spiro atoms.